The van der Waals surface area contributed by atoms with Gasteiger partial charge in [0.25, 0.3) is 0 Å². The largest absolute Gasteiger partial charge is 0.487 e. The summed E-state index contributed by atoms with van der Waals surface area (Å²) in [6.45, 7) is 7.43. The second-order valence-corrected chi connectivity index (χ2v) is 8.54. The summed E-state index contributed by atoms with van der Waals surface area (Å²) in [6, 6.07) is 11.2. The van der Waals surface area contributed by atoms with Crippen LogP contribution in [0.2, 0.25) is 0 Å². The zero-order chi connectivity index (χ0) is 18.1. The summed E-state index contributed by atoms with van der Waals surface area (Å²) in [5, 5.41) is 0. The third-order valence-electron chi connectivity index (χ3n) is 6.64. The summed E-state index contributed by atoms with van der Waals surface area (Å²) in [5.74, 6) is 2.35. The molecule has 0 spiro atoms. The van der Waals surface area contributed by atoms with Crippen molar-refractivity contribution in [3.8, 4) is 5.75 Å². The second kappa shape index (κ2) is 7.59. The third-order valence-corrected chi connectivity index (χ3v) is 6.64. The first-order chi connectivity index (χ1) is 12.6. The molecule has 0 aromatic heterocycles. The number of benzene rings is 1. The number of rotatable bonds is 5. The zero-order valence-electron chi connectivity index (χ0n) is 16.1. The number of likely N-dealkylation sites (tertiary alicyclic amines) is 2. The van der Waals surface area contributed by atoms with E-state index in [1.54, 1.807) is 0 Å². The average molecular weight is 357 g/mol. The molecule has 0 N–H and O–H groups in total. The molecule has 4 nitrogen and oxygen atoms in total. The van der Waals surface area contributed by atoms with Crippen LogP contribution in [0.3, 0.4) is 0 Å². The van der Waals surface area contributed by atoms with E-state index in [1.807, 2.05) is 18.2 Å². The minimum atomic E-state index is 0.277. The van der Waals surface area contributed by atoms with Gasteiger partial charge in [-0.15, -0.1) is 0 Å². The molecule has 3 aliphatic rings. The van der Waals surface area contributed by atoms with Crippen molar-refractivity contribution in [2.75, 3.05) is 19.6 Å². The number of piperidine rings is 1. The monoisotopic (exact) mass is 356 g/mol. The van der Waals surface area contributed by atoms with Gasteiger partial charge in [0, 0.05) is 31.6 Å². The summed E-state index contributed by atoms with van der Waals surface area (Å²) >= 11 is 0. The lowest BCUT2D eigenvalue weighted by molar-refractivity contribution is -0.142. The predicted molar refractivity (Wildman–Crippen MR) is 103 cm³/mol. The topological polar surface area (TPSA) is 32.8 Å². The minimum Gasteiger partial charge on any atom is -0.487 e. The van der Waals surface area contributed by atoms with Gasteiger partial charge < -0.3 is 9.64 Å². The van der Waals surface area contributed by atoms with E-state index < -0.39 is 0 Å². The van der Waals surface area contributed by atoms with Gasteiger partial charge in [0.2, 0.25) is 5.91 Å². The molecule has 4 rings (SSSR count). The maximum Gasteiger partial charge on any atom is 0.225 e. The van der Waals surface area contributed by atoms with Gasteiger partial charge in [-0.2, -0.15) is 0 Å². The number of carbonyl (C=O) groups is 1. The smallest absolute Gasteiger partial charge is 0.225 e. The van der Waals surface area contributed by atoms with Crippen molar-refractivity contribution < 1.29 is 9.53 Å². The molecule has 0 radical (unpaired) electrons. The molecule has 2 heterocycles. The van der Waals surface area contributed by atoms with Crippen molar-refractivity contribution in [1.82, 2.24) is 9.80 Å². The van der Waals surface area contributed by atoms with E-state index in [0.29, 0.717) is 29.8 Å². The highest BCUT2D eigenvalue weighted by Crippen LogP contribution is 2.37. The third kappa shape index (κ3) is 3.48. The van der Waals surface area contributed by atoms with Crippen molar-refractivity contribution in [3.05, 3.63) is 30.3 Å². The van der Waals surface area contributed by atoms with Crippen LogP contribution in [0.4, 0.5) is 0 Å². The normalized spacial score (nSPS) is 27.9. The number of hydrogen-bond acceptors (Lipinski definition) is 3. The molecule has 1 saturated carbocycles. The van der Waals surface area contributed by atoms with Gasteiger partial charge in [-0.05, 0) is 57.6 Å². The Bertz CT molecular complexity index is 606. The molecule has 142 valence electrons. The number of amides is 1. The van der Waals surface area contributed by atoms with E-state index in [-0.39, 0.29) is 6.10 Å². The van der Waals surface area contributed by atoms with E-state index in [1.165, 1.54) is 6.42 Å². The van der Waals surface area contributed by atoms with Gasteiger partial charge in [-0.25, -0.2) is 0 Å². The molecule has 2 atom stereocenters. The van der Waals surface area contributed by atoms with Crippen LogP contribution >= 0.6 is 0 Å². The van der Waals surface area contributed by atoms with E-state index >= 15 is 0 Å². The number of hydrogen-bond donors (Lipinski definition) is 0. The van der Waals surface area contributed by atoms with E-state index in [9.17, 15) is 4.79 Å². The molecule has 4 heteroatoms. The van der Waals surface area contributed by atoms with Gasteiger partial charge in [0.15, 0.2) is 0 Å². The molecular weight excluding hydrogens is 324 g/mol. The molecule has 3 fully saturated rings. The lowest BCUT2D eigenvalue weighted by Crippen LogP contribution is -2.68. The number of para-hydroxylation sites is 1. The number of nitrogens with zero attached hydrogens (tertiary/aromatic N) is 2. The lowest BCUT2D eigenvalue weighted by atomic mass is 9.78. The second-order valence-electron chi connectivity index (χ2n) is 8.54. The summed E-state index contributed by atoms with van der Waals surface area (Å²) in [7, 11) is 0. The summed E-state index contributed by atoms with van der Waals surface area (Å²) in [5.41, 5.74) is 0. The summed E-state index contributed by atoms with van der Waals surface area (Å²) in [6.07, 6.45) is 5.95. The summed E-state index contributed by atoms with van der Waals surface area (Å²) < 4.78 is 6.31. The van der Waals surface area contributed by atoms with Gasteiger partial charge >= 0.3 is 0 Å². The van der Waals surface area contributed by atoms with Gasteiger partial charge in [0.05, 0.1) is 6.04 Å². The molecule has 2 saturated heterocycles. The molecule has 2 aliphatic heterocycles. The minimum absolute atomic E-state index is 0.277. The van der Waals surface area contributed by atoms with Crippen molar-refractivity contribution in [2.45, 2.75) is 64.1 Å². The predicted octanol–water partition coefficient (Wildman–Crippen LogP) is 3.57. The van der Waals surface area contributed by atoms with Gasteiger partial charge in [0.1, 0.15) is 11.9 Å². The quantitative estimate of drug-likeness (QED) is 0.809. The highest BCUT2D eigenvalue weighted by atomic mass is 16.5. The molecule has 1 aliphatic carbocycles. The molecule has 1 aromatic rings. The van der Waals surface area contributed by atoms with Crippen LogP contribution in [0.1, 0.15) is 46.0 Å². The van der Waals surface area contributed by atoms with Crippen molar-refractivity contribution in [1.29, 1.82) is 0 Å². The number of ether oxygens (including phenoxy) is 1. The van der Waals surface area contributed by atoms with E-state index in [0.717, 1.165) is 51.1 Å². The molecule has 0 bridgehead atoms. The fourth-order valence-electron chi connectivity index (χ4n) is 4.80. The molecular formula is C22H32N2O2. The van der Waals surface area contributed by atoms with Crippen LogP contribution in [0, 0.1) is 11.8 Å². The molecule has 1 amide bonds. The average Bonchev–Trinajstić information content (AvgIpc) is 2.58. The van der Waals surface area contributed by atoms with Crippen LogP contribution in [0.25, 0.3) is 0 Å². The maximum atomic E-state index is 12.5. The first-order valence-corrected chi connectivity index (χ1v) is 10.4. The Morgan fingerprint density at radius 3 is 2.35 bits per heavy atom. The standard InChI is InChI=1S/C22H32N2O2/c1-16(2)24-15-20(26-19-9-4-3-5-10-19)21(24)17-11-13-23(14-12-17)22(25)18-7-6-8-18/h3-5,9-10,16-18,20-21H,6-8,11-15H2,1-2H3/t20-,21-/m0/s1. The van der Waals surface area contributed by atoms with Crippen LogP contribution in [0.5, 0.6) is 5.75 Å². The molecule has 1 aromatic carbocycles. The SMILES string of the molecule is CC(C)N1C[C@H](Oc2ccccc2)[C@@H]1C1CCN(C(=O)C2CCC2)CC1. The van der Waals surface area contributed by atoms with Crippen molar-refractivity contribution in [3.63, 3.8) is 0 Å². The van der Waals surface area contributed by atoms with Gasteiger partial charge in [-0.1, -0.05) is 24.6 Å². The summed E-state index contributed by atoms with van der Waals surface area (Å²) in [4.78, 5) is 17.2. The first-order valence-electron chi connectivity index (χ1n) is 10.4. The van der Waals surface area contributed by atoms with Crippen LogP contribution in [0.15, 0.2) is 30.3 Å². The van der Waals surface area contributed by atoms with Crippen molar-refractivity contribution in [2.24, 2.45) is 11.8 Å². The van der Waals surface area contributed by atoms with E-state index in [2.05, 4.69) is 35.8 Å². The Hall–Kier alpha value is -1.55. The molecule has 26 heavy (non-hydrogen) atoms. The van der Waals surface area contributed by atoms with E-state index in [4.69, 9.17) is 4.74 Å². The fraction of sp³-hybridized carbons (Fsp3) is 0.682. The van der Waals surface area contributed by atoms with Crippen molar-refractivity contribution >= 4 is 5.91 Å². The van der Waals surface area contributed by atoms with Crippen LogP contribution < -0.4 is 4.74 Å². The number of carbonyl (C=O) groups excluding carboxylic acids is 1. The maximum absolute atomic E-state index is 12.5. The highest BCUT2D eigenvalue weighted by Gasteiger charge is 2.47. The Labute approximate surface area is 157 Å². The van der Waals surface area contributed by atoms with Gasteiger partial charge in [-0.3, -0.25) is 9.69 Å². The fourth-order valence-corrected chi connectivity index (χ4v) is 4.80. The van der Waals surface area contributed by atoms with Crippen LogP contribution in [-0.4, -0.2) is 53.5 Å². The Morgan fingerprint density at radius 2 is 1.77 bits per heavy atom. The Morgan fingerprint density at radius 1 is 1.08 bits per heavy atom. The lowest BCUT2D eigenvalue weighted by Gasteiger charge is -2.54. The highest BCUT2D eigenvalue weighted by molar-refractivity contribution is 5.79. The van der Waals surface area contributed by atoms with Crippen LogP contribution in [-0.2, 0) is 4.79 Å². The molecule has 0 unspecified atom stereocenters. The zero-order valence-corrected chi connectivity index (χ0v) is 16.1. The Balaban J connectivity index is 1.36. The Kier molecular flexibility index (Phi) is 5.21. The first kappa shape index (κ1) is 17.8.